The predicted octanol–water partition coefficient (Wildman–Crippen LogP) is 4.10. The van der Waals surface area contributed by atoms with Crippen LogP contribution < -0.4 is 24.3 Å². The van der Waals surface area contributed by atoms with Crippen molar-refractivity contribution >= 4 is 23.0 Å². The highest BCUT2D eigenvalue weighted by molar-refractivity contribution is 7.80. The highest BCUT2D eigenvalue weighted by atomic mass is 32.1. The van der Waals surface area contributed by atoms with Gasteiger partial charge in [-0.3, -0.25) is 0 Å². The third-order valence-electron chi connectivity index (χ3n) is 5.23. The van der Waals surface area contributed by atoms with Crippen LogP contribution in [-0.2, 0) is 11.3 Å². The van der Waals surface area contributed by atoms with Crippen molar-refractivity contribution in [2.24, 2.45) is 0 Å². The van der Waals surface area contributed by atoms with E-state index in [1.54, 1.807) is 28.4 Å². The van der Waals surface area contributed by atoms with Crippen LogP contribution in [-0.4, -0.2) is 57.7 Å². The van der Waals surface area contributed by atoms with Crippen molar-refractivity contribution in [2.75, 3.05) is 46.9 Å². The fourth-order valence-corrected chi connectivity index (χ4v) is 3.81. The molecule has 8 heteroatoms. The lowest BCUT2D eigenvalue weighted by molar-refractivity contribution is 0.0903. The van der Waals surface area contributed by atoms with Crippen molar-refractivity contribution in [1.29, 1.82) is 0 Å². The number of nitrogens with one attached hydrogen (secondary N) is 1. The van der Waals surface area contributed by atoms with Gasteiger partial charge in [0, 0.05) is 31.3 Å². The van der Waals surface area contributed by atoms with Gasteiger partial charge in [-0.2, -0.15) is 0 Å². The average Bonchev–Trinajstić information content (AvgIpc) is 3.31. The van der Waals surface area contributed by atoms with Crippen molar-refractivity contribution in [2.45, 2.75) is 25.5 Å². The van der Waals surface area contributed by atoms with E-state index in [0.29, 0.717) is 29.7 Å². The standard InChI is InChI=1S/C23H30N2O5S/c1-26-17-8-10-21(28-3)16(12-17)14-25(15-19-6-5-11-30-19)23(31)24-20-9-7-18(27-2)13-22(20)29-4/h7-10,12-13,19H,5-6,11,14-15H2,1-4H3,(H,24,31). The molecule has 1 atom stereocenters. The molecular weight excluding hydrogens is 416 g/mol. The fourth-order valence-electron chi connectivity index (χ4n) is 3.56. The zero-order chi connectivity index (χ0) is 22.2. The first-order valence-corrected chi connectivity index (χ1v) is 10.6. The topological polar surface area (TPSA) is 61.4 Å². The van der Waals surface area contributed by atoms with E-state index in [1.807, 2.05) is 36.4 Å². The molecular formula is C23H30N2O5S. The number of benzene rings is 2. The molecule has 3 rings (SSSR count). The van der Waals surface area contributed by atoms with Gasteiger partial charge in [0.15, 0.2) is 5.11 Å². The van der Waals surface area contributed by atoms with Gasteiger partial charge in [0.25, 0.3) is 0 Å². The maximum absolute atomic E-state index is 5.87. The molecule has 1 saturated heterocycles. The highest BCUT2D eigenvalue weighted by Gasteiger charge is 2.23. The molecule has 0 amide bonds. The first-order chi connectivity index (χ1) is 15.1. The van der Waals surface area contributed by atoms with Crippen LogP contribution in [0.3, 0.4) is 0 Å². The molecule has 1 aliphatic rings. The molecule has 0 bridgehead atoms. The summed E-state index contributed by atoms with van der Waals surface area (Å²) in [6.45, 7) is 2.00. The smallest absolute Gasteiger partial charge is 0.173 e. The van der Waals surface area contributed by atoms with E-state index < -0.39 is 0 Å². The van der Waals surface area contributed by atoms with Crippen LogP contribution in [0.15, 0.2) is 36.4 Å². The summed E-state index contributed by atoms with van der Waals surface area (Å²) in [4.78, 5) is 2.09. The molecule has 1 unspecified atom stereocenters. The highest BCUT2D eigenvalue weighted by Crippen LogP contribution is 2.30. The molecule has 168 valence electrons. The third kappa shape index (κ3) is 5.92. The normalized spacial score (nSPS) is 15.3. The summed E-state index contributed by atoms with van der Waals surface area (Å²) in [5.74, 6) is 2.91. The minimum Gasteiger partial charge on any atom is -0.497 e. The van der Waals surface area contributed by atoms with Crippen LogP contribution in [0, 0.1) is 0 Å². The van der Waals surface area contributed by atoms with Crippen LogP contribution >= 0.6 is 12.2 Å². The van der Waals surface area contributed by atoms with Crippen LogP contribution in [0.25, 0.3) is 0 Å². The van der Waals surface area contributed by atoms with Gasteiger partial charge in [0.2, 0.25) is 0 Å². The van der Waals surface area contributed by atoms with Gasteiger partial charge in [0.1, 0.15) is 23.0 Å². The molecule has 7 nitrogen and oxygen atoms in total. The van der Waals surface area contributed by atoms with E-state index in [2.05, 4.69) is 10.2 Å². The number of ether oxygens (including phenoxy) is 5. The number of nitrogens with zero attached hydrogens (tertiary/aromatic N) is 1. The molecule has 0 aliphatic carbocycles. The summed E-state index contributed by atoms with van der Waals surface area (Å²) in [5.41, 5.74) is 1.74. The Hall–Kier alpha value is -2.71. The molecule has 31 heavy (non-hydrogen) atoms. The Balaban J connectivity index is 1.84. The molecule has 0 spiro atoms. The van der Waals surface area contributed by atoms with E-state index in [0.717, 1.165) is 42.2 Å². The maximum atomic E-state index is 5.87. The van der Waals surface area contributed by atoms with E-state index in [1.165, 1.54) is 0 Å². The van der Waals surface area contributed by atoms with E-state index in [-0.39, 0.29) is 6.10 Å². The third-order valence-corrected chi connectivity index (χ3v) is 5.59. The lowest BCUT2D eigenvalue weighted by atomic mass is 10.1. The summed E-state index contributed by atoms with van der Waals surface area (Å²) < 4.78 is 27.6. The Morgan fingerprint density at radius 2 is 1.71 bits per heavy atom. The predicted molar refractivity (Wildman–Crippen MR) is 125 cm³/mol. The molecule has 1 heterocycles. The lowest BCUT2D eigenvalue weighted by Gasteiger charge is -2.29. The van der Waals surface area contributed by atoms with Gasteiger partial charge in [-0.05, 0) is 55.4 Å². The molecule has 1 N–H and O–H groups in total. The number of thiocarbonyl (C=S) groups is 1. The minimum atomic E-state index is 0.133. The molecule has 0 radical (unpaired) electrons. The summed E-state index contributed by atoms with van der Waals surface area (Å²) in [7, 11) is 6.55. The van der Waals surface area contributed by atoms with Crippen molar-refractivity contribution in [1.82, 2.24) is 4.90 Å². The van der Waals surface area contributed by atoms with Gasteiger partial charge >= 0.3 is 0 Å². The van der Waals surface area contributed by atoms with E-state index in [4.69, 9.17) is 35.9 Å². The van der Waals surface area contributed by atoms with Crippen LogP contribution in [0.5, 0.6) is 23.0 Å². The second-order valence-corrected chi connectivity index (χ2v) is 7.58. The molecule has 1 fully saturated rings. The van der Waals surface area contributed by atoms with Crippen molar-refractivity contribution in [3.8, 4) is 23.0 Å². The fraction of sp³-hybridized carbons (Fsp3) is 0.435. The molecule has 2 aromatic rings. The summed E-state index contributed by atoms with van der Waals surface area (Å²) in [5, 5.41) is 3.90. The van der Waals surface area contributed by atoms with Crippen LogP contribution in [0.1, 0.15) is 18.4 Å². The first-order valence-electron chi connectivity index (χ1n) is 10.2. The molecule has 2 aromatic carbocycles. The van der Waals surface area contributed by atoms with Gasteiger partial charge in [-0.25, -0.2) is 0 Å². The Morgan fingerprint density at radius 3 is 2.35 bits per heavy atom. The maximum Gasteiger partial charge on any atom is 0.173 e. The molecule has 1 aliphatic heterocycles. The van der Waals surface area contributed by atoms with Gasteiger partial charge in [-0.15, -0.1) is 0 Å². The van der Waals surface area contributed by atoms with Gasteiger partial charge < -0.3 is 33.9 Å². The van der Waals surface area contributed by atoms with Crippen molar-refractivity contribution in [3.05, 3.63) is 42.0 Å². The molecule has 0 saturated carbocycles. The molecule has 0 aromatic heterocycles. The van der Waals surface area contributed by atoms with E-state index >= 15 is 0 Å². The zero-order valence-electron chi connectivity index (χ0n) is 18.5. The number of rotatable bonds is 9. The Kier molecular flexibility index (Phi) is 8.20. The minimum absolute atomic E-state index is 0.133. The van der Waals surface area contributed by atoms with Crippen LogP contribution in [0.4, 0.5) is 5.69 Å². The largest absolute Gasteiger partial charge is 0.497 e. The first kappa shape index (κ1) is 23.0. The lowest BCUT2D eigenvalue weighted by Crippen LogP contribution is -2.39. The van der Waals surface area contributed by atoms with E-state index in [9.17, 15) is 0 Å². The average molecular weight is 447 g/mol. The Morgan fingerprint density at radius 1 is 1.00 bits per heavy atom. The summed E-state index contributed by atoms with van der Waals surface area (Å²) in [6.07, 6.45) is 2.21. The Bertz CT molecular complexity index is 886. The zero-order valence-corrected chi connectivity index (χ0v) is 19.3. The van der Waals surface area contributed by atoms with Crippen molar-refractivity contribution < 1.29 is 23.7 Å². The van der Waals surface area contributed by atoms with Gasteiger partial charge in [0.05, 0.1) is 40.2 Å². The summed E-state index contributed by atoms with van der Waals surface area (Å²) in [6, 6.07) is 11.3. The second-order valence-electron chi connectivity index (χ2n) is 7.19. The monoisotopic (exact) mass is 446 g/mol. The number of methoxy groups -OCH3 is 4. The van der Waals surface area contributed by atoms with Crippen LogP contribution in [0.2, 0.25) is 0 Å². The SMILES string of the molecule is COc1ccc(OC)c(CN(CC2CCCO2)C(=S)Nc2ccc(OC)cc2OC)c1. The van der Waals surface area contributed by atoms with Gasteiger partial charge in [-0.1, -0.05) is 0 Å². The Labute approximate surface area is 189 Å². The second kappa shape index (κ2) is 11.1. The quantitative estimate of drug-likeness (QED) is 0.578. The number of hydrogen-bond acceptors (Lipinski definition) is 6. The van der Waals surface area contributed by atoms with Crippen molar-refractivity contribution in [3.63, 3.8) is 0 Å². The summed E-state index contributed by atoms with van der Waals surface area (Å²) >= 11 is 5.80. The number of hydrogen-bond donors (Lipinski definition) is 1. The number of anilines is 1.